The number of benzene rings is 1. The van der Waals surface area contributed by atoms with Crippen LogP contribution in [0.3, 0.4) is 0 Å². The van der Waals surface area contributed by atoms with Gasteiger partial charge < -0.3 is 10.5 Å². The molecule has 0 spiro atoms. The number of nitrogens with zero attached hydrogens (tertiary/aromatic N) is 1. The van der Waals surface area contributed by atoms with Crippen molar-refractivity contribution in [2.24, 2.45) is 5.73 Å². The van der Waals surface area contributed by atoms with Gasteiger partial charge in [0, 0.05) is 23.3 Å². The summed E-state index contributed by atoms with van der Waals surface area (Å²) in [7, 11) is 0. The number of hydrogen-bond donors (Lipinski definition) is 1. The molecule has 4 heteroatoms. The van der Waals surface area contributed by atoms with Crippen molar-refractivity contribution in [3.05, 3.63) is 52.1 Å². The fourth-order valence-corrected chi connectivity index (χ4v) is 1.65. The molecule has 0 aliphatic rings. The minimum atomic E-state index is 0.504. The van der Waals surface area contributed by atoms with Crippen LogP contribution in [0, 0.1) is 6.92 Å². The molecule has 0 radical (unpaired) electrons. The Kier molecular flexibility index (Phi) is 3.76. The summed E-state index contributed by atoms with van der Waals surface area (Å²) >= 11 is 3.33. The zero-order chi connectivity index (χ0) is 12.3. The van der Waals surface area contributed by atoms with Crippen LogP contribution in [0.1, 0.15) is 11.1 Å². The second-order valence-electron chi connectivity index (χ2n) is 3.72. The highest BCUT2D eigenvalue weighted by Gasteiger charge is 2.03. The van der Waals surface area contributed by atoms with Crippen molar-refractivity contribution < 1.29 is 4.74 Å². The maximum absolute atomic E-state index is 5.72. The summed E-state index contributed by atoms with van der Waals surface area (Å²) in [6.07, 6.45) is 1.71. The first-order valence-electron chi connectivity index (χ1n) is 5.28. The lowest BCUT2D eigenvalue weighted by Gasteiger charge is -2.09. The van der Waals surface area contributed by atoms with E-state index in [0.717, 1.165) is 21.3 Å². The largest absolute Gasteiger partial charge is 0.439 e. The number of nitrogens with two attached hydrogens (primary N) is 1. The molecule has 88 valence electrons. The quantitative estimate of drug-likeness (QED) is 0.943. The molecule has 1 aromatic carbocycles. The molecule has 0 aliphatic heterocycles. The molecule has 1 aromatic heterocycles. The van der Waals surface area contributed by atoms with Crippen molar-refractivity contribution in [2.75, 3.05) is 0 Å². The van der Waals surface area contributed by atoms with E-state index in [-0.39, 0.29) is 0 Å². The van der Waals surface area contributed by atoms with Gasteiger partial charge in [-0.1, -0.05) is 12.1 Å². The summed E-state index contributed by atoms with van der Waals surface area (Å²) in [5.41, 5.74) is 7.71. The highest BCUT2D eigenvalue weighted by Crippen LogP contribution is 2.25. The number of halogens is 1. The van der Waals surface area contributed by atoms with Crippen molar-refractivity contribution in [1.29, 1.82) is 0 Å². The van der Waals surface area contributed by atoms with Gasteiger partial charge >= 0.3 is 0 Å². The van der Waals surface area contributed by atoms with E-state index in [9.17, 15) is 0 Å². The molecule has 0 atom stereocenters. The Morgan fingerprint density at radius 3 is 2.76 bits per heavy atom. The van der Waals surface area contributed by atoms with E-state index >= 15 is 0 Å². The molecule has 3 nitrogen and oxygen atoms in total. The second kappa shape index (κ2) is 5.29. The van der Waals surface area contributed by atoms with Gasteiger partial charge in [-0.25, -0.2) is 4.98 Å². The average Bonchev–Trinajstić information content (AvgIpc) is 2.35. The van der Waals surface area contributed by atoms with E-state index in [1.807, 2.05) is 37.3 Å². The van der Waals surface area contributed by atoms with Gasteiger partial charge in [0.15, 0.2) is 0 Å². The van der Waals surface area contributed by atoms with Crippen LogP contribution in [0.2, 0.25) is 0 Å². The lowest BCUT2D eigenvalue weighted by atomic mass is 10.1. The van der Waals surface area contributed by atoms with Gasteiger partial charge in [0.1, 0.15) is 5.75 Å². The molecular formula is C13H13BrN2O. The highest BCUT2D eigenvalue weighted by atomic mass is 79.9. The van der Waals surface area contributed by atoms with Gasteiger partial charge in [0.25, 0.3) is 0 Å². The maximum atomic E-state index is 5.72. The van der Waals surface area contributed by atoms with Crippen molar-refractivity contribution in [1.82, 2.24) is 4.98 Å². The molecule has 2 rings (SSSR count). The molecule has 0 unspecified atom stereocenters. The topological polar surface area (TPSA) is 48.1 Å². The second-order valence-corrected chi connectivity index (χ2v) is 4.64. The van der Waals surface area contributed by atoms with E-state index in [4.69, 9.17) is 10.5 Å². The fourth-order valence-electron chi connectivity index (χ4n) is 1.42. The first-order chi connectivity index (χ1) is 8.19. The molecule has 0 saturated carbocycles. The van der Waals surface area contributed by atoms with Crippen molar-refractivity contribution >= 4 is 15.9 Å². The SMILES string of the molecule is Cc1ccc(CN)cc1Oc1ccc(Br)cn1. The molecular weight excluding hydrogens is 280 g/mol. The summed E-state index contributed by atoms with van der Waals surface area (Å²) in [4.78, 5) is 4.17. The Bertz CT molecular complexity index is 511. The van der Waals surface area contributed by atoms with Crippen molar-refractivity contribution in [2.45, 2.75) is 13.5 Å². The summed E-state index contributed by atoms with van der Waals surface area (Å²) in [5.74, 6) is 1.37. The number of pyridine rings is 1. The zero-order valence-electron chi connectivity index (χ0n) is 9.48. The first kappa shape index (κ1) is 12.1. The van der Waals surface area contributed by atoms with Crippen LogP contribution in [0.25, 0.3) is 0 Å². The molecule has 0 fully saturated rings. The third kappa shape index (κ3) is 3.05. The predicted octanol–water partition coefficient (Wildman–Crippen LogP) is 3.40. The summed E-state index contributed by atoms with van der Waals surface area (Å²) in [6, 6.07) is 9.65. The maximum Gasteiger partial charge on any atom is 0.219 e. The van der Waals surface area contributed by atoms with Crippen LogP contribution < -0.4 is 10.5 Å². The van der Waals surface area contributed by atoms with Crippen molar-refractivity contribution in [3.8, 4) is 11.6 Å². The molecule has 0 saturated heterocycles. The number of hydrogen-bond acceptors (Lipinski definition) is 3. The third-order valence-electron chi connectivity index (χ3n) is 2.40. The minimum Gasteiger partial charge on any atom is -0.439 e. The Hall–Kier alpha value is -1.39. The summed E-state index contributed by atoms with van der Waals surface area (Å²) in [5, 5.41) is 0. The smallest absolute Gasteiger partial charge is 0.219 e. The minimum absolute atomic E-state index is 0.504. The molecule has 2 aromatic rings. The van der Waals surface area contributed by atoms with Gasteiger partial charge in [-0.15, -0.1) is 0 Å². The molecule has 1 heterocycles. The molecule has 0 amide bonds. The number of aromatic nitrogens is 1. The average molecular weight is 293 g/mol. The summed E-state index contributed by atoms with van der Waals surface area (Å²) < 4.78 is 6.65. The molecule has 2 N–H and O–H groups in total. The third-order valence-corrected chi connectivity index (χ3v) is 2.87. The van der Waals surface area contributed by atoms with Gasteiger partial charge in [-0.05, 0) is 46.1 Å². The van der Waals surface area contributed by atoms with Crippen LogP contribution in [0.15, 0.2) is 41.0 Å². The van der Waals surface area contributed by atoms with Crippen LogP contribution in [-0.2, 0) is 6.54 Å². The lowest BCUT2D eigenvalue weighted by molar-refractivity contribution is 0.458. The molecule has 0 aliphatic carbocycles. The standard InChI is InChI=1S/C13H13BrN2O/c1-9-2-3-10(7-15)6-12(9)17-13-5-4-11(14)8-16-13/h2-6,8H,7,15H2,1H3. The van der Waals surface area contributed by atoms with Gasteiger partial charge in [0.2, 0.25) is 5.88 Å². The van der Waals surface area contributed by atoms with Crippen molar-refractivity contribution in [3.63, 3.8) is 0 Å². The van der Waals surface area contributed by atoms with E-state index in [2.05, 4.69) is 20.9 Å². The highest BCUT2D eigenvalue weighted by molar-refractivity contribution is 9.10. The summed E-state index contributed by atoms with van der Waals surface area (Å²) in [6.45, 7) is 2.50. The molecule has 17 heavy (non-hydrogen) atoms. The Balaban J connectivity index is 2.25. The lowest BCUT2D eigenvalue weighted by Crippen LogP contribution is -1.97. The Morgan fingerprint density at radius 2 is 2.12 bits per heavy atom. The van der Waals surface area contributed by atoms with E-state index in [0.29, 0.717) is 12.4 Å². The predicted molar refractivity (Wildman–Crippen MR) is 71.1 cm³/mol. The first-order valence-corrected chi connectivity index (χ1v) is 6.07. The van der Waals surface area contributed by atoms with Crippen LogP contribution in [0.5, 0.6) is 11.6 Å². The number of aryl methyl sites for hydroxylation is 1. The fraction of sp³-hybridized carbons (Fsp3) is 0.154. The van der Waals surface area contributed by atoms with E-state index in [1.165, 1.54) is 0 Å². The molecule has 0 bridgehead atoms. The van der Waals surface area contributed by atoms with E-state index in [1.54, 1.807) is 6.20 Å². The van der Waals surface area contributed by atoms with Gasteiger partial charge in [0.05, 0.1) is 0 Å². The Labute approximate surface area is 109 Å². The van der Waals surface area contributed by atoms with Crippen LogP contribution >= 0.6 is 15.9 Å². The van der Waals surface area contributed by atoms with Crippen LogP contribution in [0.4, 0.5) is 0 Å². The number of rotatable bonds is 3. The van der Waals surface area contributed by atoms with Gasteiger partial charge in [-0.3, -0.25) is 0 Å². The normalized spacial score (nSPS) is 10.3. The van der Waals surface area contributed by atoms with Gasteiger partial charge in [-0.2, -0.15) is 0 Å². The van der Waals surface area contributed by atoms with E-state index < -0.39 is 0 Å². The number of ether oxygens (including phenoxy) is 1. The monoisotopic (exact) mass is 292 g/mol. The Morgan fingerprint density at radius 1 is 1.29 bits per heavy atom. The van der Waals surface area contributed by atoms with Crippen LogP contribution in [-0.4, -0.2) is 4.98 Å². The zero-order valence-corrected chi connectivity index (χ0v) is 11.1.